The first-order chi connectivity index (χ1) is 28.2. The molecule has 0 amide bonds. The van der Waals surface area contributed by atoms with Crippen molar-refractivity contribution in [3.8, 4) is 33.4 Å². The van der Waals surface area contributed by atoms with Crippen LogP contribution >= 0.6 is 0 Å². The summed E-state index contributed by atoms with van der Waals surface area (Å²) in [5, 5.41) is 10.7. The van der Waals surface area contributed by atoms with Crippen LogP contribution in [0.1, 0.15) is 22.9 Å². The van der Waals surface area contributed by atoms with Gasteiger partial charge in [0.1, 0.15) is 23.2 Å². The van der Waals surface area contributed by atoms with E-state index in [1.54, 1.807) is 0 Å². The van der Waals surface area contributed by atoms with Gasteiger partial charge in [-0.05, 0) is 73.1 Å². The Balaban J connectivity index is 1.00. The number of nitrogens with zero attached hydrogens (tertiary/aromatic N) is 2. The van der Waals surface area contributed by atoms with Gasteiger partial charge in [0.15, 0.2) is 5.84 Å². The van der Waals surface area contributed by atoms with Crippen molar-refractivity contribution in [2.24, 2.45) is 9.98 Å². The van der Waals surface area contributed by atoms with Gasteiger partial charge in [0, 0.05) is 27.5 Å². The van der Waals surface area contributed by atoms with E-state index in [9.17, 15) is 0 Å². The molecule has 0 aliphatic carbocycles. The molecule has 0 radical (unpaired) electrons. The summed E-state index contributed by atoms with van der Waals surface area (Å²) < 4.78 is 6.61. The summed E-state index contributed by atoms with van der Waals surface area (Å²) in [7, 11) is 0. The number of hydrogen-bond donors (Lipinski definition) is 1. The smallest absolute Gasteiger partial charge is 0.159 e. The van der Waals surface area contributed by atoms with Crippen LogP contribution in [0.4, 0.5) is 0 Å². The summed E-state index contributed by atoms with van der Waals surface area (Å²) in [5.74, 6) is 1.47. The molecule has 9 aromatic carbocycles. The molecule has 0 fully saturated rings. The van der Waals surface area contributed by atoms with E-state index in [2.05, 4.69) is 199 Å². The van der Waals surface area contributed by atoms with Crippen LogP contribution in [-0.2, 0) is 0 Å². The van der Waals surface area contributed by atoms with Gasteiger partial charge in [-0.2, -0.15) is 0 Å². The second-order valence-electron chi connectivity index (χ2n) is 14.6. The molecule has 10 aromatic rings. The third-order valence-electron chi connectivity index (χ3n) is 11.1. The molecule has 0 saturated carbocycles. The first kappa shape index (κ1) is 32.8. The van der Waals surface area contributed by atoms with Crippen LogP contribution < -0.4 is 5.32 Å². The van der Waals surface area contributed by atoms with Gasteiger partial charge < -0.3 is 9.73 Å². The minimum Gasteiger partial charge on any atom is -0.455 e. The summed E-state index contributed by atoms with van der Waals surface area (Å²) in [4.78, 5) is 10.5. The summed E-state index contributed by atoms with van der Waals surface area (Å²) >= 11 is 0. The van der Waals surface area contributed by atoms with Crippen LogP contribution in [0.25, 0.3) is 76.9 Å². The molecule has 4 nitrogen and oxygen atoms in total. The lowest BCUT2D eigenvalue weighted by molar-refractivity contribution is 0.670. The van der Waals surface area contributed by atoms with Gasteiger partial charge in [0.05, 0.1) is 0 Å². The van der Waals surface area contributed by atoms with Crippen molar-refractivity contribution in [1.82, 2.24) is 5.32 Å². The molecule has 0 bridgehead atoms. The average Bonchev–Trinajstić information content (AvgIpc) is 3.68. The third-order valence-corrected chi connectivity index (χ3v) is 11.1. The zero-order valence-electron chi connectivity index (χ0n) is 30.9. The van der Waals surface area contributed by atoms with E-state index in [0.29, 0.717) is 5.84 Å². The Morgan fingerprint density at radius 1 is 0.421 bits per heavy atom. The van der Waals surface area contributed by atoms with E-state index in [1.165, 1.54) is 27.3 Å². The van der Waals surface area contributed by atoms with Gasteiger partial charge in [-0.1, -0.05) is 182 Å². The molecule has 1 aromatic heterocycles. The summed E-state index contributed by atoms with van der Waals surface area (Å²) in [6.07, 6.45) is -0.346. The Morgan fingerprint density at radius 3 is 1.95 bits per heavy atom. The van der Waals surface area contributed by atoms with Crippen molar-refractivity contribution in [1.29, 1.82) is 0 Å². The highest BCUT2D eigenvalue weighted by atomic mass is 16.3. The van der Waals surface area contributed by atoms with Crippen molar-refractivity contribution >= 4 is 55.2 Å². The van der Waals surface area contributed by atoms with Crippen LogP contribution in [0.15, 0.2) is 215 Å². The molecule has 0 saturated heterocycles. The molecule has 1 atom stereocenters. The first-order valence-electron chi connectivity index (χ1n) is 19.3. The van der Waals surface area contributed by atoms with Gasteiger partial charge in [-0.15, -0.1) is 0 Å². The number of benzene rings is 9. The molecule has 1 aliphatic heterocycles. The van der Waals surface area contributed by atoms with Crippen LogP contribution in [0.2, 0.25) is 0 Å². The molecule has 11 rings (SSSR count). The SMILES string of the molecule is c1ccc(-c2cccc3c2oc2cccc(-c4cccc(C5=NC(c6ccc7ccccc7c6)=NC(c6ccc(-c7cccc8ccccc78)cc6)N5)c4)c23)cc1. The molecule has 268 valence electrons. The van der Waals surface area contributed by atoms with E-state index in [-0.39, 0.29) is 6.17 Å². The van der Waals surface area contributed by atoms with Crippen LogP contribution in [0.5, 0.6) is 0 Å². The Morgan fingerprint density at radius 2 is 1.05 bits per heavy atom. The standard InChI is InChI=1S/C53H35N3O/c1-2-13-36(14-3-1)46-23-10-24-47-49-45(22-11-25-48(49)57-50(46)47)40-18-8-19-41(33-40)52-54-51(55-53(56-52)42-31-26-34-12-4-5-16-39(34)32-42)38-29-27-37(28-30-38)44-21-9-17-35-15-6-7-20-43(35)44/h1-33,51H,(H,54,55,56). The van der Waals surface area contributed by atoms with Gasteiger partial charge in [0.25, 0.3) is 0 Å². The maximum atomic E-state index is 6.61. The second kappa shape index (κ2) is 13.6. The van der Waals surface area contributed by atoms with E-state index < -0.39 is 0 Å². The van der Waals surface area contributed by atoms with E-state index >= 15 is 0 Å². The van der Waals surface area contributed by atoms with Gasteiger partial charge in [-0.3, -0.25) is 0 Å². The van der Waals surface area contributed by atoms with Crippen molar-refractivity contribution in [3.63, 3.8) is 0 Å². The van der Waals surface area contributed by atoms with E-state index in [4.69, 9.17) is 14.4 Å². The molecule has 4 heteroatoms. The first-order valence-corrected chi connectivity index (χ1v) is 19.3. The maximum Gasteiger partial charge on any atom is 0.159 e. The Kier molecular flexibility index (Phi) is 7.85. The molecule has 1 N–H and O–H groups in total. The number of nitrogens with one attached hydrogen (secondary N) is 1. The zero-order chi connectivity index (χ0) is 37.7. The lowest BCUT2D eigenvalue weighted by Crippen LogP contribution is -2.33. The van der Waals surface area contributed by atoms with Crippen molar-refractivity contribution < 1.29 is 4.42 Å². The molecule has 1 unspecified atom stereocenters. The van der Waals surface area contributed by atoms with Crippen molar-refractivity contribution in [2.45, 2.75) is 6.17 Å². The van der Waals surface area contributed by atoms with Crippen LogP contribution in [0.3, 0.4) is 0 Å². The predicted octanol–water partition coefficient (Wildman–Crippen LogP) is 13.4. The highest BCUT2D eigenvalue weighted by molar-refractivity contribution is 6.17. The fraction of sp³-hybridized carbons (Fsp3) is 0.0189. The number of furan rings is 1. The van der Waals surface area contributed by atoms with Gasteiger partial charge in [0.2, 0.25) is 0 Å². The lowest BCUT2D eigenvalue weighted by Gasteiger charge is -2.24. The highest BCUT2D eigenvalue weighted by Gasteiger charge is 2.23. The summed E-state index contributed by atoms with van der Waals surface area (Å²) in [6, 6.07) is 70.5. The van der Waals surface area contributed by atoms with Gasteiger partial charge >= 0.3 is 0 Å². The minimum atomic E-state index is -0.346. The Bertz CT molecular complexity index is 3210. The highest BCUT2D eigenvalue weighted by Crippen LogP contribution is 2.41. The predicted molar refractivity (Wildman–Crippen MR) is 237 cm³/mol. The quantitative estimate of drug-likeness (QED) is 0.185. The third kappa shape index (κ3) is 5.87. The number of amidine groups is 2. The van der Waals surface area contributed by atoms with Crippen LogP contribution in [0, 0.1) is 0 Å². The van der Waals surface area contributed by atoms with E-state index in [1.807, 2.05) is 6.07 Å². The minimum absolute atomic E-state index is 0.346. The number of hydrogen-bond acceptors (Lipinski definition) is 4. The Hall–Kier alpha value is -7.56. The molecule has 2 heterocycles. The lowest BCUT2D eigenvalue weighted by atomic mass is 9.96. The average molecular weight is 730 g/mol. The maximum absolute atomic E-state index is 6.61. The fourth-order valence-corrected chi connectivity index (χ4v) is 8.31. The number of aliphatic imine (C=N–C) groups is 2. The molecular formula is C53H35N3O. The monoisotopic (exact) mass is 729 g/mol. The molecule has 1 aliphatic rings. The Labute approximate surface area is 330 Å². The fourth-order valence-electron chi connectivity index (χ4n) is 8.31. The van der Waals surface area contributed by atoms with E-state index in [0.717, 1.165) is 72.1 Å². The molecule has 0 spiro atoms. The van der Waals surface area contributed by atoms with Crippen molar-refractivity contribution in [3.05, 3.63) is 217 Å². The normalized spacial score (nSPS) is 14.1. The molecule has 57 heavy (non-hydrogen) atoms. The largest absolute Gasteiger partial charge is 0.455 e. The molecular weight excluding hydrogens is 695 g/mol. The number of rotatable bonds is 6. The topological polar surface area (TPSA) is 49.9 Å². The van der Waals surface area contributed by atoms with Crippen molar-refractivity contribution in [2.75, 3.05) is 0 Å². The number of fused-ring (bicyclic) bond motifs is 5. The van der Waals surface area contributed by atoms with Gasteiger partial charge in [-0.25, -0.2) is 9.98 Å². The number of para-hydroxylation sites is 1. The summed E-state index contributed by atoms with van der Waals surface area (Å²) in [6.45, 7) is 0. The van der Waals surface area contributed by atoms with Crippen LogP contribution in [-0.4, -0.2) is 11.7 Å². The zero-order valence-corrected chi connectivity index (χ0v) is 30.9. The summed E-state index contributed by atoms with van der Waals surface area (Å²) in [5.41, 5.74) is 11.6. The second-order valence-corrected chi connectivity index (χ2v) is 14.6.